The highest BCUT2D eigenvalue weighted by atomic mass is 32.2. The minimum Gasteiger partial charge on any atom is -0.396 e. The van der Waals surface area contributed by atoms with Gasteiger partial charge < -0.3 is 20.8 Å². The van der Waals surface area contributed by atoms with E-state index >= 15 is 0 Å². The number of amides is 2. The number of hydrogen-bond donors (Lipinski definition) is 4. The van der Waals surface area contributed by atoms with Crippen LogP contribution in [0.2, 0.25) is 0 Å². The molecule has 6 nitrogen and oxygen atoms in total. The van der Waals surface area contributed by atoms with Crippen molar-refractivity contribution in [1.29, 1.82) is 0 Å². The van der Waals surface area contributed by atoms with Crippen molar-refractivity contribution in [1.82, 2.24) is 10.6 Å². The number of rotatable bonds is 24. The second kappa shape index (κ2) is 22.7. The van der Waals surface area contributed by atoms with Gasteiger partial charge in [-0.2, -0.15) is 11.8 Å². The molecule has 4 N–H and O–H groups in total. The first-order valence-electron chi connectivity index (χ1n) is 13.8. The lowest BCUT2D eigenvalue weighted by Gasteiger charge is -2.27. The molecule has 0 bridgehead atoms. The van der Waals surface area contributed by atoms with Gasteiger partial charge >= 0.3 is 0 Å². The van der Waals surface area contributed by atoms with Crippen LogP contribution in [0.1, 0.15) is 117 Å². The van der Waals surface area contributed by atoms with Gasteiger partial charge in [-0.15, -0.1) is 0 Å². The van der Waals surface area contributed by atoms with Crippen molar-refractivity contribution in [3.05, 3.63) is 0 Å². The van der Waals surface area contributed by atoms with E-state index in [1.165, 1.54) is 89.9 Å². The zero-order valence-corrected chi connectivity index (χ0v) is 23.2. The average molecular weight is 503 g/mol. The maximum absolute atomic E-state index is 11.9. The maximum atomic E-state index is 11.9. The Hall–Kier alpha value is -0.790. The van der Waals surface area contributed by atoms with E-state index in [0.717, 1.165) is 11.5 Å². The monoisotopic (exact) mass is 502 g/mol. The molecule has 0 rings (SSSR count). The van der Waals surface area contributed by atoms with Gasteiger partial charge in [-0.05, 0) is 12.2 Å². The lowest BCUT2D eigenvalue weighted by molar-refractivity contribution is -0.137. The van der Waals surface area contributed by atoms with Gasteiger partial charge in [0, 0.05) is 30.7 Å². The van der Waals surface area contributed by atoms with E-state index in [4.69, 9.17) is 0 Å². The van der Waals surface area contributed by atoms with E-state index in [0.29, 0.717) is 6.54 Å². The molecule has 0 aliphatic heterocycles. The van der Waals surface area contributed by atoms with Gasteiger partial charge in [-0.25, -0.2) is 0 Å². The molecule has 0 spiro atoms. The summed E-state index contributed by atoms with van der Waals surface area (Å²) in [7, 11) is 0. The third-order valence-corrected chi connectivity index (χ3v) is 7.33. The predicted octanol–water partition coefficient (Wildman–Crippen LogP) is 5.20. The standard InChI is InChI=1S/C27H54N2O4S/c1-4-5-6-7-8-9-10-11-12-13-14-15-16-17-21-34-22-20-28-24(31)18-19-29-26(33)25(32)27(2,3)23-30/h25,30,32H,4-23H2,1-3H3,(H,28,31)(H,29,33)/t25-/m0/s1. The molecule has 0 unspecified atom stereocenters. The molecule has 0 aromatic rings. The minimum atomic E-state index is -1.30. The van der Waals surface area contributed by atoms with Gasteiger partial charge in [0.1, 0.15) is 6.10 Å². The fourth-order valence-corrected chi connectivity index (χ4v) is 4.55. The lowest BCUT2D eigenvalue weighted by atomic mass is 9.87. The number of hydrogen-bond acceptors (Lipinski definition) is 5. The molecule has 1 atom stereocenters. The van der Waals surface area contributed by atoms with Gasteiger partial charge in [0.15, 0.2) is 0 Å². The first-order chi connectivity index (χ1) is 16.3. The van der Waals surface area contributed by atoms with E-state index in [1.54, 1.807) is 13.8 Å². The van der Waals surface area contributed by atoms with Crippen LogP contribution in [-0.4, -0.2) is 59.3 Å². The fraction of sp³-hybridized carbons (Fsp3) is 0.926. The summed E-state index contributed by atoms with van der Waals surface area (Å²) in [5.41, 5.74) is -0.906. The van der Waals surface area contributed by atoms with Crippen LogP contribution in [0, 0.1) is 5.41 Å². The van der Waals surface area contributed by atoms with Gasteiger partial charge in [0.2, 0.25) is 11.8 Å². The van der Waals surface area contributed by atoms with Gasteiger partial charge in [0.05, 0.1) is 6.61 Å². The van der Waals surface area contributed by atoms with Crippen LogP contribution in [-0.2, 0) is 9.59 Å². The van der Waals surface area contributed by atoms with Crippen molar-refractivity contribution in [3.8, 4) is 0 Å². The number of carbonyl (C=O) groups is 2. The molecule has 0 aromatic heterocycles. The van der Waals surface area contributed by atoms with Crippen LogP contribution in [0.4, 0.5) is 0 Å². The summed E-state index contributed by atoms with van der Waals surface area (Å²) in [5, 5.41) is 24.5. The Kier molecular flexibility index (Phi) is 22.1. The molecular weight excluding hydrogens is 448 g/mol. The van der Waals surface area contributed by atoms with E-state index in [2.05, 4.69) is 17.6 Å². The molecule has 0 radical (unpaired) electrons. The van der Waals surface area contributed by atoms with Crippen LogP contribution in [0.3, 0.4) is 0 Å². The largest absolute Gasteiger partial charge is 0.396 e. The summed E-state index contributed by atoms with van der Waals surface area (Å²) >= 11 is 1.88. The first kappa shape index (κ1) is 33.2. The predicted molar refractivity (Wildman–Crippen MR) is 145 cm³/mol. The SMILES string of the molecule is CCCCCCCCCCCCCCCCSCCNC(=O)CCNC(=O)[C@H](O)C(C)(C)CO. The van der Waals surface area contributed by atoms with Crippen molar-refractivity contribution in [2.24, 2.45) is 5.41 Å². The molecule has 0 aliphatic rings. The summed E-state index contributed by atoms with van der Waals surface area (Å²) < 4.78 is 0. The molecule has 0 heterocycles. The number of unbranched alkanes of at least 4 members (excludes halogenated alkanes) is 13. The summed E-state index contributed by atoms with van der Waals surface area (Å²) in [5.74, 6) is 1.38. The van der Waals surface area contributed by atoms with Gasteiger partial charge in [-0.1, -0.05) is 104 Å². The quantitative estimate of drug-likeness (QED) is 0.136. The number of aliphatic hydroxyl groups excluding tert-OH is 2. The van der Waals surface area contributed by atoms with Gasteiger partial charge in [0.25, 0.3) is 0 Å². The van der Waals surface area contributed by atoms with Crippen LogP contribution < -0.4 is 10.6 Å². The molecule has 202 valence electrons. The Morgan fingerprint density at radius 1 is 0.765 bits per heavy atom. The highest BCUT2D eigenvalue weighted by Crippen LogP contribution is 2.19. The summed E-state index contributed by atoms with van der Waals surface area (Å²) in [6.45, 7) is 6.01. The van der Waals surface area contributed by atoms with Crippen LogP contribution >= 0.6 is 11.8 Å². The topological polar surface area (TPSA) is 98.7 Å². The summed E-state index contributed by atoms with van der Waals surface area (Å²) in [6, 6.07) is 0. The van der Waals surface area contributed by atoms with Crippen LogP contribution in [0.15, 0.2) is 0 Å². The number of aliphatic hydroxyl groups is 2. The fourth-order valence-electron chi connectivity index (χ4n) is 3.69. The van der Waals surface area contributed by atoms with Gasteiger partial charge in [-0.3, -0.25) is 9.59 Å². The highest BCUT2D eigenvalue weighted by Gasteiger charge is 2.32. The Bertz CT molecular complexity index is 503. The van der Waals surface area contributed by atoms with E-state index < -0.39 is 17.4 Å². The summed E-state index contributed by atoms with van der Waals surface area (Å²) in [6.07, 6.45) is 18.2. The number of nitrogens with one attached hydrogen (secondary N) is 2. The molecule has 0 saturated heterocycles. The molecule has 0 saturated carbocycles. The Labute approximate surface area is 213 Å². The zero-order chi connectivity index (χ0) is 25.5. The Morgan fingerprint density at radius 3 is 1.76 bits per heavy atom. The van der Waals surface area contributed by atoms with E-state index in [9.17, 15) is 19.8 Å². The van der Waals surface area contributed by atoms with E-state index in [-0.39, 0.29) is 25.5 Å². The Morgan fingerprint density at radius 2 is 1.26 bits per heavy atom. The van der Waals surface area contributed by atoms with Crippen molar-refractivity contribution in [3.63, 3.8) is 0 Å². The van der Waals surface area contributed by atoms with Crippen molar-refractivity contribution in [2.75, 3.05) is 31.2 Å². The molecule has 7 heteroatoms. The maximum Gasteiger partial charge on any atom is 0.249 e. The molecule has 0 aliphatic carbocycles. The molecule has 0 aromatic carbocycles. The third-order valence-electron chi connectivity index (χ3n) is 6.26. The normalized spacial score (nSPS) is 12.5. The molecular formula is C27H54N2O4S. The first-order valence-corrected chi connectivity index (χ1v) is 14.9. The zero-order valence-electron chi connectivity index (χ0n) is 22.3. The summed E-state index contributed by atoms with van der Waals surface area (Å²) in [4.78, 5) is 23.7. The second-order valence-electron chi connectivity index (χ2n) is 10.1. The van der Waals surface area contributed by atoms with Crippen molar-refractivity contribution in [2.45, 2.75) is 123 Å². The number of thioether (sulfide) groups is 1. The second-order valence-corrected chi connectivity index (χ2v) is 11.4. The molecule has 2 amide bonds. The molecule has 0 fully saturated rings. The lowest BCUT2D eigenvalue weighted by Crippen LogP contribution is -2.46. The average Bonchev–Trinajstić information content (AvgIpc) is 2.82. The third kappa shape index (κ3) is 19.5. The number of carbonyl (C=O) groups excluding carboxylic acids is 2. The van der Waals surface area contributed by atoms with Crippen LogP contribution in [0.25, 0.3) is 0 Å². The van der Waals surface area contributed by atoms with Crippen LogP contribution in [0.5, 0.6) is 0 Å². The Balaban J connectivity index is 3.37. The minimum absolute atomic E-state index is 0.103. The molecule has 34 heavy (non-hydrogen) atoms. The highest BCUT2D eigenvalue weighted by molar-refractivity contribution is 7.99. The van der Waals surface area contributed by atoms with Crippen molar-refractivity contribution >= 4 is 23.6 Å². The van der Waals surface area contributed by atoms with Crippen molar-refractivity contribution < 1.29 is 19.8 Å². The smallest absolute Gasteiger partial charge is 0.249 e. The van der Waals surface area contributed by atoms with E-state index in [1.807, 2.05) is 11.8 Å².